The van der Waals surface area contributed by atoms with Crippen LogP contribution < -0.4 is 10.1 Å². The summed E-state index contributed by atoms with van der Waals surface area (Å²) in [7, 11) is 0. The summed E-state index contributed by atoms with van der Waals surface area (Å²) in [5, 5.41) is 19.7. The van der Waals surface area contributed by atoms with Crippen molar-refractivity contribution in [3.63, 3.8) is 0 Å². The molecule has 1 aromatic carbocycles. The third-order valence-corrected chi connectivity index (χ3v) is 5.65. The van der Waals surface area contributed by atoms with Gasteiger partial charge in [0.15, 0.2) is 5.65 Å². The van der Waals surface area contributed by atoms with Crippen LogP contribution in [0.5, 0.6) is 5.75 Å². The number of hydrogen-bond donors (Lipinski definition) is 4. The van der Waals surface area contributed by atoms with Gasteiger partial charge in [-0.3, -0.25) is 0 Å². The van der Waals surface area contributed by atoms with E-state index in [4.69, 9.17) is 24.5 Å². The predicted molar refractivity (Wildman–Crippen MR) is 136 cm³/mol. The molecule has 0 bridgehead atoms. The summed E-state index contributed by atoms with van der Waals surface area (Å²) in [4.78, 5) is 31.3. The molecule has 3 aromatic heterocycles. The highest BCUT2D eigenvalue weighted by Crippen LogP contribution is 2.23. The second-order valence-corrected chi connectivity index (χ2v) is 9.29. The zero-order valence-electron chi connectivity index (χ0n) is 19.9. The number of carboxylic acid groups (broad SMARTS) is 2. The van der Waals surface area contributed by atoms with Gasteiger partial charge in [-0.1, -0.05) is 6.07 Å². The molecule has 0 aliphatic rings. The van der Waals surface area contributed by atoms with Gasteiger partial charge < -0.3 is 25.3 Å². The highest BCUT2D eigenvalue weighted by Gasteiger charge is 2.38. The maximum absolute atomic E-state index is 10.6. The lowest BCUT2D eigenvalue weighted by Gasteiger charge is -2.07. The van der Waals surface area contributed by atoms with Crippen molar-refractivity contribution in [3.05, 3.63) is 63.4 Å². The zero-order valence-corrected chi connectivity index (χ0v) is 22.3. The number of aromatic nitrogens is 3. The molecule has 9 nitrogen and oxygen atoms in total. The molecule has 216 valence electrons. The Morgan fingerprint density at radius 2 is 1.62 bits per heavy atom. The van der Waals surface area contributed by atoms with Gasteiger partial charge in [-0.15, -0.1) is 11.3 Å². The lowest BCUT2D eigenvalue weighted by Crippen LogP contribution is -2.21. The molecule has 4 aromatic rings. The van der Waals surface area contributed by atoms with Crippen molar-refractivity contribution in [1.29, 1.82) is 0 Å². The highest BCUT2D eigenvalue weighted by molar-refractivity contribution is 9.10. The van der Waals surface area contributed by atoms with E-state index >= 15 is 0 Å². The van der Waals surface area contributed by atoms with Crippen LogP contribution in [0.3, 0.4) is 0 Å². The average molecular weight is 657 g/mol. The number of hydrogen-bond acceptors (Lipinski definition) is 7. The van der Waals surface area contributed by atoms with Gasteiger partial charge in [-0.25, -0.2) is 19.6 Å². The molecule has 0 fully saturated rings. The Balaban J connectivity index is 0.000000333. The van der Waals surface area contributed by atoms with Crippen molar-refractivity contribution >= 4 is 50.4 Å². The number of fused-ring (bicyclic) bond motifs is 1. The van der Waals surface area contributed by atoms with E-state index in [-0.39, 0.29) is 0 Å². The van der Waals surface area contributed by atoms with Crippen molar-refractivity contribution in [2.75, 3.05) is 13.2 Å². The molecule has 40 heavy (non-hydrogen) atoms. The van der Waals surface area contributed by atoms with Crippen molar-refractivity contribution < 1.29 is 50.9 Å². The van der Waals surface area contributed by atoms with Crippen LogP contribution in [0, 0.1) is 0 Å². The van der Waals surface area contributed by atoms with Crippen molar-refractivity contribution in [2.24, 2.45) is 0 Å². The van der Waals surface area contributed by atoms with Gasteiger partial charge in [-0.05, 0) is 57.7 Å². The van der Waals surface area contributed by atoms with Crippen LogP contribution in [-0.2, 0) is 16.1 Å². The highest BCUT2D eigenvalue weighted by atomic mass is 79.9. The molecule has 0 aliphatic heterocycles. The number of thiophene rings is 1. The van der Waals surface area contributed by atoms with Gasteiger partial charge in [0.2, 0.25) is 0 Å². The van der Waals surface area contributed by atoms with E-state index in [0.717, 1.165) is 45.9 Å². The summed E-state index contributed by atoms with van der Waals surface area (Å²) in [6.07, 6.45) is -8.41. The summed E-state index contributed by atoms with van der Waals surface area (Å²) in [5.41, 5.74) is 2.62. The first-order chi connectivity index (χ1) is 18.7. The number of aromatic amines is 1. The first-order valence-electron chi connectivity index (χ1n) is 10.7. The standard InChI is InChI=1S/C19H17BrN4OS.2C2HF3O2/c20-14-10-17-19(22-11-14)24-18(23-17)13-3-5-15(6-4-13)25-8-7-21-12-16-2-1-9-26-16;2*3-2(4,5)1(6)7/h1-6,9-11,21H,7-8,12H2,(H,22,23,24);2*(H,6,7). The summed E-state index contributed by atoms with van der Waals surface area (Å²) >= 11 is 5.18. The minimum Gasteiger partial charge on any atom is -0.492 e. The number of carboxylic acids is 2. The molecule has 0 unspecified atom stereocenters. The molecule has 0 saturated carbocycles. The van der Waals surface area contributed by atoms with Crippen LogP contribution in [0.2, 0.25) is 0 Å². The van der Waals surface area contributed by atoms with E-state index in [1.165, 1.54) is 4.88 Å². The van der Waals surface area contributed by atoms with Crippen LogP contribution in [-0.4, -0.2) is 62.6 Å². The molecule has 4 rings (SSSR count). The minimum absolute atomic E-state index is 0.632. The number of carbonyl (C=O) groups is 2. The van der Waals surface area contributed by atoms with Crippen LogP contribution in [0.4, 0.5) is 26.3 Å². The number of aliphatic carboxylic acids is 2. The Labute approximate surface area is 234 Å². The molecule has 0 atom stereocenters. The number of ether oxygens (including phenoxy) is 1. The Kier molecular flexibility index (Phi) is 11.9. The number of H-pyrrole nitrogens is 1. The average Bonchev–Trinajstić information content (AvgIpc) is 3.53. The van der Waals surface area contributed by atoms with E-state index in [1.807, 2.05) is 30.3 Å². The summed E-state index contributed by atoms with van der Waals surface area (Å²) in [5.74, 6) is -3.86. The fourth-order valence-electron chi connectivity index (χ4n) is 2.58. The largest absolute Gasteiger partial charge is 0.492 e. The Morgan fingerprint density at radius 3 is 2.15 bits per heavy atom. The molecular weight excluding hydrogens is 638 g/mol. The Bertz CT molecular complexity index is 1360. The first-order valence-corrected chi connectivity index (χ1v) is 12.4. The van der Waals surface area contributed by atoms with E-state index in [1.54, 1.807) is 17.5 Å². The molecule has 0 saturated heterocycles. The third-order valence-electron chi connectivity index (χ3n) is 4.34. The van der Waals surface area contributed by atoms with Gasteiger partial charge in [0.05, 0.1) is 0 Å². The Morgan fingerprint density at radius 1 is 1.02 bits per heavy atom. The maximum Gasteiger partial charge on any atom is 0.490 e. The molecule has 0 aliphatic carbocycles. The number of benzene rings is 1. The summed E-state index contributed by atoms with van der Waals surface area (Å²) in [6.45, 7) is 2.33. The van der Waals surface area contributed by atoms with Gasteiger partial charge >= 0.3 is 24.3 Å². The SMILES string of the molecule is Brc1cnc2[nH]c(-c3ccc(OCCNCc4cccs4)cc3)nc2c1.O=C(O)C(F)(F)F.O=C(O)C(F)(F)F. The summed E-state index contributed by atoms with van der Waals surface area (Å²) < 4.78 is 70.2. The molecule has 0 radical (unpaired) electrons. The number of halogens is 7. The smallest absolute Gasteiger partial charge is 0.490 e. The molecule has 4 N–H and O–H groups in total. The molecular formula is C23H19BrF6N4O5S. The lowest BCUT2D eigenvalue weighted by atomic mass is 10.2. The van der Waals surface area contributed by atoms with Gasteiger partial charge in [0.1, 0.15) is 23.7 Å². The van der Waals surface area contributed by atoms with E-state index in [2.05, 4.69) is 53.7 Å². The fraction of sp³-hybridized carbons (Fsp3) is 0.217. The molecule has 17 heteroatoms. The van der Waals surface area contributed by atoms with Crippen molar-refractivity contribution in [1.82, 2.24) is 20.3 Å². The number of pyridine rings is 1. The van der Waals surface area contributed by atoms with E-state index < -0.39 is 24.3 Å². The summed E-state index contributed by atoms with van der Waals surface area (Å²) in [6, 6.07) is 14.1. The zero-order chi connectivity index (χ0) is 29.9. The van der Waals surface area contributed by atoms with Crippen LogP contribution >= 0.6 is 27.3 Å². The van der Waals surface area contributed by atoms with Crippen LogP contribution in [0.25, 0.3) is 22.6 Å². The van der Waals surface area contributed by atoms with Crippen molar-refractivity contribution in [3.8, 4) is 17.1 Å². The maximum atomic E-state index is 10.6. The fourth-order valence-corrected chi connectivity index (χ4v) is 3.58. The van der Waals surface area contributed by atoms with Crippen LogP contribution in [0.15, 0.2) is 58.5 Å². The second-order valence-electron chi connectivity index (χ2n) is 7.34. The van der Waals surface area contributed by atoms with E-state index in [0.29, 0.717) is 6.61 Å². The second kappa shape index (κ2) is 14.6. The molecule has 0 spiro atoms. The van der Waals surface area contributed by atoms with E-state index in [9.17, 15) is 26.3 Å². The lowest BCUT2D eigenvalue weighted by molar-refractivity contribution is -0.193. The first kappa shape index (κ1) is 32.5. The van der Waals surface area contributed by atoms with Crippen molar-refractivity contribution in [2.45, 2.75) is 18.9 Å². The Hall–Kier alpha value is -3.70. The topological polar surface area (TPSA) is 137 Å². The van der Waals surface area contributed by atoms with Gasteiger partial charge in [-0.2, -0.15) is 26.3 Å². The van der Waals surface area contributed by atoms with Crippen LogP contribution in [0.1, 0.15) is 4.88 Å². The molecule has 0 amide bonds. The minimum atomic E-state index is -5.08. The number of nitrogens with zero attached hydrogens (tertiary/aromatic N) is 2. The molecule has 3 heterocycles. The number of imidazole rings is 1. The quantitative estimate of drug-likeness (QED) is 0.143. The number of nitrogens with one attached hydrogen (secondary N) is 2. The van der Waals surface area contributed by atoms with Gasteiger partial charge in [0, 0.05) is 34.2 Å². The monoisotopic (exact) mass is 656 g/mol. The third kappa shape index (κ3) is 11.2. The number of alkyl halides is 6. The predicted octanol–water partition coefficient (Wildman–Crippen LogP) is 5.88. The normalized spacial score (nSPS) is 11.2. The van der Waals surface area contributed by atoms with Gasteiger partial charge in [0.25, 0.3) is 0 Å². The number of rotatable bonds is 7.